The van der Waals surface area contributed by atoms with Gasteiger partial charge in [0, 0.05) is 18.0 Å². The second kappa shape index (κ2) is 8.75. The number of carbonyl (C=O) groups is 1. The molecule has 0 aromatic heterocycles. The van der Waals surface area contributed by atoms with Gasteiger partial charge in [0.1, 0.15) is 0 Å². The van der Waals surface area contributed by atoms with Crippen LogP contribution in [0.2, 0.25) is 0 Å². The lowest BCUT2D eigenvalue weighted by Gasteiger charge is -2.35. The number of carbonyl (C=O) groups excluding carboxylic acids is 1. The molecule has 3 rings (SSSR count). The van der Waals surface area contributed by atoms with Crippen LogP contribution < -0.4 is 0 Å². The van der Waals surface area contributed by atoms with Gasteiger partial charge in [0.25, 0.3) is 0 Å². The van der Waals surface area contributed by atoms with Crippen molar-refractivity contribution >= 4 is 40.8 Å². The van der Waals surface area contributed by atoms with Crippen LogP contribution in [0, 0.1) is 0 Å². The Labute approximate surface area is 154 Å². The van der Waals surface area contributed by atoms with E-state index in [2.05, 4.69) is 54.4 Å². The van der Waals surface area contributed by atoms with Crippen molar-refractivity contribution in [2.75, 3.05) is 32.9 Å². The zero-order valence-corrected chi connectivity index (χ0v) is 15.9. The molecule has 0 bridgehead atoms. The molecule has 0 spiro atoms. The number of hydrogen-bond donors (Lipinski definition) is 0. The van der Waals surface area contributed by atoms with Crippen LogP contribution in [0.25, 0.3) is 10.8 Å². The number of nitrogens with zero attached hydrogens (tertiary/aromatic N) is 2. The van der Waals surface area contributed by atoms with Gasteiger partial charge in [0.15, 0.2) is 0 Å². The molecule has 0 aliphatic carbocycles. The van der Waals surface area contributed by atoms with Crippen LogP contribution in [-0.4, -0.2) is 54.7 Å². The fourth-order valence-electron chi connectivity index (χ4n) is 3.09. The van der Waals surface area contributed by atoms with Gasteiger partial charge >= 0.3 is 0 Å². The minimum Gasteiger partial charge on any atom is -0.342 e. The molecule has 130 valence electrons. The first-order valence-corrected chi connectivity index (χ1v) is 9.18. The molecule has 0 atom stereocenters. The Morgan fingerprint density at radius 1 is 1.17 bits per heavy atom. The van der Waals surface area contributed by atoms with Gasteiger partial charge in [-0.1, -0.05) is 30.3 Å². The van der Waals surface area contributed by atoms with E-state index >= 15 is 0 Å². The van der Waals surface area contributed by atoms with Gasteiger partial charge in [-0.05, 0) is 55.9 Å². The average Bonchev–Trinajstić information content (AvgIpc) is 2.59. The maximum atomic E-state index is 12.5. The molecule has 2 aromatic rings. The van der Waals surface area contributed by atoms with E-state index < -0.39 is 0 Å². The summed E-state index contributed by atoms with van der Waals surface area (Å²) >= 11 is 1.63. The third kappa shape index (κ3) is 4.65. The first-order valence-electron chi connectivity index (χ1n) is 8.19. The number of benzene rings is 2. The number of fused-ring (bicyclic) bond motifs is 1. The molecule has 3 nitrogen and oxygen atoms in total. The number of halogens is 1. The average molecular weight is 365 g/mol. The van der Waals surface area contributed by atoms with Gasteiger partial charge in [-0.2, -0.15) is 0 Å². The lowest BCUT2D eigenvalue weighted by atomic mass is 10.0. The normalized spacial score (nSPS) is 15.9. The first-order chi connectivity index (χ1) is 11.1. The van der Waals surface area contributed by atoms with Crippen molar-refractivity contribution in [1.82, 2.24) is 9.80 Å². The molecular weight excluding hydrogens is 340 g/mol. The zero-order valence-electron chi connectivity index (χ0n) is 14.3. The molecule has 24 heavy (non-hydrogen) atoms. The Hall–Kier alpha value is -1.23. The number of likely N-dealkylation sites (tertiary alicyclic amines) is 1. The predicted molar refractivity (Wildman–Crippen MR) is 105 cm³/mol. The standard InChI is InChI=1S/C19H24N2OS.ClH/c1-20-11-9-17(10-12-20)21(2)19(22)14-23-18-8-7-15-5-3-4-6-16(15)13-18;/h3-8,13,17H,9-12,14H2,1-2H3;1H. The Morgan fingerprint density at radius 3 is 2.54 bits per heavy atom. The van der Waals surface area contributed by atoms with E-state index in [-0.39, 0.29) is 18.3 Å². The highest BCUT2D eigenvalue weighted by Gasteiger charge is 2.23. The minimum absolute atomic E-state index is 0. The molecule has 1 aliphatic heterocycles. The predicted octanol–water partition coefficient (Wildman–Crippen LogP) is 3.91. The van der Waals surface area contributed by atoms with Crippen molar-refractivity contribution in [1.29, 1.82) is 0 Å². The molecule has 5 heteroatoms. The summed E-state index contributed by atoms with van der Waals surface area (Å²) < 4.78 is 0. The summed E-state index contributed by atoms with van der Waals surface area (Å²) in [4.78, 5) is 17.9. The summed E-state index contributed by atoms with van der Waals surface area (Å²) in [5, 5.41) is 2.47. The molecule has 1 heterocycles. The summed E-state index contributed by atoms with van der Waals surface area (Å²) in [5.74, 6) is 0.749. The van der Waals surface area contributed by atoms with Crippen molar-refractivity contribution in [3.05, 3.63) is 42.5 Å². The number of amides is 1. The van der Waals surface area contributed by atoms with Crippen LogP contribution in [0.4, 0.5) is 0 Å². The molecule has 0 radical (unpaired) electrons. The van der Waals surface area contributed by atoms with Crippen LogP contribution >= 0.6 is 24.2 Å². The molecule has 0 unspecified atom stereocenters. The lowest BCUT2D eigenvalue weighted by Crippen LogP contribution is -2.45. The highest BCUT2D eigenvalue weighted by molar-refractivity contribution is 8.00. The zero-order chi connectivity index (χ0) is 16.2. The third-order valence-electron chi connectivity index (χ3n) is 4.71. The van der Waals surface area contributed by atoms with Gasteiger partial charge in [-0.25, -0.2) is 0 Å². The maximum Gasteiger partial charge on any atom is 0.232 e. The number of hydrogen-bond acceptors (Lipinski definition) is 3. The fraction of sp³-hybridized carbons (Fsp3) is 0.421. The lowest BCUT2D eigenvalue weighted by molar-refractivity contribution is -0.129. The van der Waals surface area contributed by atoms with Gasteiger partial charge in [-0.3, -0.25) is 4.79 Å². The summed E-state index contributed by atoms with van der Waals surface area (Å²) in [6, 6.07) is 15.1. The second-order valence-corrected chi connectivity index (χ2v) is 7.39. The van der Waals surface area contributed by atoms with Crippen molar-refractivity contribution in [2.24, 2.45) is 0 Å². The fourth-order valence-corrected chi connectivity index (χ4v) is 3.96. The molecule has 0 saturated carbocycles. The van der Waals surface area contributed by atoms with Gasteiger partial charge in [-0.15, -0.1) is 24.2 Å². The minimum atomic E-state index is 0. The number of rotatable bonds is 4. The summed E-state index contributed by atoms with van der Waals surface area (Å²) in [6.45, 7) is 2.17. The number of thioether (sulfide) groups is 1. The van der Waals surface area contributed by atoms with Gasteiger partial charge in [0.05, 0.1) is 5.75 Å². The van der Waals surface area contributed by atoms with E-state index in [1.54, 1.807) is 11.8 Å². The molecule has 0 N–H and O–H groups in total. The van der Waals surface area contributed by atoms with Crippen molar-refractivity contribution in [3.8, 4) is 0 Å². The molecule has 1 fully saturated rings. The van der Waals surface area contributed by atoms with E-state index in [0.717, 1.165) is 30.8 Å². The van der Waals surface area contributed by atoms with Crippen LogP contribution in [0.15, 0.2) is 47.4 Å². The first kappa shape index (κ1) is 19.1. The molecule has 2 aromatic carbocycles. The largest absolute Gasteiger partial charge is 0.342 e. The highest BCUT2D eigenvalue weighted by Crippen LogP contribution is 2.24. The summed E-state index contributed by atoms with van der Waals surface area (Å²) in [7, 11) is 4.10. The Balaban J connectivity index is 0.00000208. The summed E-state index contributed by atoms with van der Waals surface area (Å²) in [5.41, 5.74) is 0. The van der Waals surface area contributed by atoms with Crippen LogP contribution in [0.5, 0.6) is 0 Å². The molecule has 1 saturated heterocycles. The molecule has 1 amide bonds. The van der Waals surface area contributed by atoms with E-state index in [1.807, 2.05) is 11.9 Å². The SMILES string of the molecule is CN1CCC(N(C)C(=O)CSc2ccc3ccccc3c2)CC1.Cl. The van der Waals surface area contributed by atoms with E-state index in [0.29, 0.717) is 11.8 Å². The van der Waals surface area contributed by atoms with E-state index in [1.165, 1.54) is 10.8 Å². The van der Waals surface area contributed by atoms with E-state index in [9.17, 15) is 4.79 Å². The van der Waals surface area contributed by atoms with Gasteiger partial charge < -0.3 is 9.80 Å². The topological polar surface area (TPSA) is 23.6 Å². The van der Waals surface area contributed by atoms with Crippen LogP contribution in [0.3, 0.4) is 0 Å². The van der Waals surface area contributed by atoms with Crippen molar-refractivity contribution < 1.29 is 4.79 Å². The third-order valence-corrected chi connectivity index (χ3v) is 5.69. The smallest absolute Gasteiger partial charge is 0.232 e. The van der Waals surface area contributed by atoms with Crippen LogP contribution in [-0.2, 0) is 4.79 Å². The number of piperidine rings is 1. The summed E-state index contributed by atoms with van der Waals surface area (Å²) in [6.07, 6.45) is 2.17. The Kier molecular flexibility index (Phi) is 6.96. The van der Waals surface area contributed by atoms with Crippen molar-refractivity contribution in [3.63, 3.8) is 0 Å². The quantitative estimate of drug-likeness (QED) is 0.768. The molecule has 1 aliphatic rings. The Bertz CT molecular complexity index is 686. The monoisotopic (exact) mass is 364 g/mol. The second-order valence-electron chi connectivity index (χ2n) is 6.34. The molecular formula is C19H25ClN2OS. The van der Waals surface area contributed by atoms with E-state index in [4.69, 9.17) is 0 Å². The van der Waals surface area contributed by atoms with Crippen molar-refractivity contribution in [2.45, 2.75) is 23.8 Å². The van der Waals surface area contributed by atoms with Gasteiger partial charge in [0.2, 0.25) is 5.91 Å². The Morgan fingerprint density at radius 2 is 1.83 bits per heavy atom. The maximum absolute atomic E-state index is 12.5. The van der Waals surface area contributed by atoms with Crippen LogP contribution in [0.1, 0.15) is 12.8 Å². The highest BCUT2D eigenvalue weighted by atomic mass is 35.5.